The van der Waals surface area contributed by atoms with Gasteiger partial charge in [-0.25, -0.2) is 9.59 Å². The van der Waals surface area contributed by atoms with Gasteiger partial charge in [-0.15, -0.1) is 0 Å². The maximum atomic E-state index is 13.1. The van der Waals surface area contributed by atoms with Crippen molar-refractivity contribution in [1.29, 1.82) is 0 Å². The van der Waals surface area contributed by atoms with Gasteiger partial charge < -0.3 is 42.4 Å². The van der Waals surface area contributed by atoms with Gasteiger partial charge >= 0.3 is 12.1 Å². The van der Waals surface area contributed by atoms with Crippen LogP contribution in [-0.2, 0) is 32.1 Å². The van der Waals surface area contributed by atoms with Crippen LogP contribution in [0.3, 0.4) is 0 Å². The molecule has 0 saturated carbocycles. The minimum atomic E-state index is -1.47. The normalized spacial score (nSPS) is 12.7. The molecule has 2 aromatic rings. The number of benzene rings is 2. The molecule has 0 spiro atoms. The Kier molecular flexibility index (Phi) is 12.7. The molecule has 0 aromatic heterocycles. The zero-order valence-corrected chi connectivity index (χ0v) is 21.3. The zero-order chi connectivity index (χ0) is 28.6. The number of aliphatic hydroxyl groups is 1. The van der Waals surface area contributed by atoms with E-state index in [1.54, 1.807) is 54.6 Å². The summed E-state index contributed by atoms with van der Waals surface area (Å²) in [4.78, 5) is 53.6. The first kappa shape index (κ1) is 30.6. The molecule has 39 heavy (non-hydrogen) atoms. The number of carboxylic acid groups (broad SMARTS) is 1. The van der Waals surface area contributed by atoms with Crippen LogP contribution in [0.2, 0.25) is 0 Å². The van der Waals surface area contributed by atoms with Gasteiger partial charge in [-0.2, -0.15) is 0 Å². The minimum absolute atomic E-state index is 0.00932. The van der Waals surface area contributed by atoms with Gasteiger partial charge in [0.15, 0.2) is 5.96 Å². The summed E-state index contributed by atoms with van der Waals surface area (Å²) in [6, 6.07) is 13.9. The van der Waals surface area contributed by atoms with Crippen molar-refractivity contribution in [3.63, 3.8) is 0 Å². The summed E-state index contributed by atoms with van der Waals surface area (Å²) in [6.07, 6.45) is -0.517. The number of carbonyl (C=O) groups excluding carboxylic acids is 3. The summed E-state index contributed by atoms with van der Waals surface area (Å²) in [6.45, 7) is -0.669. The van der Waals surface area contributed by atoms with Gasteiger partial charge in [-0.3, -0.25) is 14.6 Å². The molecule has 2 aromatic carbocycles. The summed E-state index contributed by atoms with van der Waals surface area (Å²) < 4.78 is 5.22. The average molecular weight is 543 g/mol. The van der Waals surface area contributed by atoms with Crippen LogP contribution in [0.15, 0.2) is 65.7 Å². The maximum absolute atomic E-state index is 13.1. The number of nitrogens with two attached hydrogens (primary N) is 2. The van der Waals surface area contributed by atoms with E-state index in [-0.39, 0.29) is 38.4 Å². The molecule has 0 aliphatic carbocycles. The van der Waals surface area contributed by atoms with Crippen LogP contribution in [0.4, 0.5) is 4.79 Å². The first-order valence-corrected chi connectivity index (χ1v) is 12.2. The highest BCUT2D eigenvalue weighted by molar-refractivity contribution is 5.93. The SMILES string of the molecule is NC(N)=NCCC[C@H](NC(=O)[C@H](CO)NC(=O)[C@H](Cc1ccccc1)NC(=O)OCc1ccccc1)C(=O)O. The molecule has 2 rings (SSSR count). The van der Waals surface area contributed by atoms with E-state index < -0.39 is 48.6 Å². The fraction of sp³-hybridized carbons (Fsp3) is 0.346. The van der Waals surface area contributed by atoms with Crippen LogP contribution < -0.4 is 27.4 Å². The number of nitrogens with zero attached hydrogens (tertiary/aromatic N) is 1. The fourth-order valence-corrected chi connectivity index (χ4v) is 3.47. The summed E-state index contributed by atoms with van der Waals surface area (Å²) in [5, 5.41) is 26.4. The van der Waals surface area contributed by atoms with Crippen LogP contribution in [0.1, 0.15) is 24.0 Å². The van der Waals surface area contributed by atoms with E-state index in [1.807, 2.05) is 6.07 Å². The summed E-state index contributed by atoms with van der Waals surface area (Å²) in [5.74, 6) is -3.13. The first-order valence-electron chi connectivity index (χ1n) is 12.2. The number of nitrogens with one attached hydrogen (secondary N) is 3. The molecule has 210 valence electrons. The van der Waals surface area contributed by atoms with E-state index in [0.717, 1.165) is 11.1 Å². The van der Waals surface area contributed by atoms with Crippen molar-refractivity contribution < 1.29 is 34.1 Å². The van der Waals surface area contributed by atoms with Crippen LogP contribution in [0, 0.1) is 0 Å². The lowest BCUT2D eigenvalue weighted by molar-refractivity contribution is -0.142. The summed E-state index contributed by atoms with van der Waals surface area (Å²) >= 11 is 0. The quantitative estimate of drug-likeness (QED) is 0.0885. The molecule has 0 heterocycles. The molecule has 3 atom stereocenters. The van der Waals surface area contributed by atoms with Crippen molar-refractivity contribution in [2.75, 3.05) is 13.2 Å². The topological polar surface area (TPSA) is 218 Å². The van der Waals surface area contributed by atoms with Crippen molar-refractivity contribution >= 4 is 29.8 Å². The smallest absolute Gasteiger partial charge is 0.408 e. The van der Waals surface area contributed by atoms with Gasteiger partial charge in [-0.1, -0.05) is 60.7 Å². The molecule has 0 aliphatic heterocycles. The number of ether oxygens (including phenoxy) is 1. The van der Waals surface area contributed by atoms with E-state index in [4.69, 9.17) is 16.2 Å². The Bertz CT molecular complexity index is 1110. The Morgan fingerprint density at radius 1 is 0.821 bits per heavy atom. The van der Waals surface area contributed by atoms with E-state index in [0.29, 0.717) is 0 Å². The summed E-state index contributed by atoms with van der Waals surface area (Å²) in [7, 11) is 0. The monoisotopic (exact) mass is 542 g/mol. The Morgan fingerprint density at radius 2 is 1.38 bits per heavy atom. The number of aliphatic carboxylic acids is 1. The molecule has 0 aliphatic rings. The van der Waals surface area contributed by atoms with E-state index >= 15 is 0 Å². The Morgan fingerprint density at radius 3 is 1.95 bits per heavy atom. The number of alkyl carbamates (subject to hydrolysis) is 1. The number of amides is 3. The van der Waals surface area contributed by atoms with Gasteiger partial charge in [0.25, 0.3) is 0 Å². The van der Waals surface area contributed by atoms with Crippen LogP contribution in [0.5, 0.6) is 0 Å². The zero-order valence-electron chi connectivity index (χ0n) is 21.3. The highest BCUT2D eigenvalue weighted by Crippen LogP contribution is 2.06. The fourth-order valence-electron chi connectivity index (χ4n) is 3.47. The molecule has 0 fully saturated rings. The lowest BCUT2D eigenvalue weighted by Crippen LogP contribution is -2.57. The number of rotatable bonds is 15. The largest absolute Gasteiger partial charge is 0.480 e. The number of hydrogen-bond acceptors (Lipinski definition) is 7. The van der Waals surface area contributed by atoms with Crippen molar-refractivity contribution in [2.24, 2.45) is 16.5 Å². The Labute approximate surface area is 225 Å². The number of carboxylic acids is 1. The second-order valence-electron chi connectivity index (χ2n) is 8.54. The third-order valence-electron chi connectivity index (χ3n) is 5.48. The van der Waals surface area contributed by atoms with Crippen molar-refractivity contribution in [2.45, 2.75) is 44.0 Å². The number of aliphatic hydroxyl groups excluding tert-OH is 1. The molecule has 0 radical (unpaired) electrons. The highest BCUT2D eigenvalue weighted by atomic mass is 16.5. The molecule has 0 saturated heterocycles. The van der Waals surface area contributed by atoms with Gasteiger partial charge in [0, 0.05) is 13.0 Å². The first-order chi connectivity index (χ1) is 18.7. The van der Waals surface area contributed by atoms with Gasteiger partial charge in [0.05, 0.1) is 6.61 Å². The van der Waals surface area contributed by atoms with E-state index in [2.05, 4.69) is 20.9 Å². The van der Waals surface area contributed by atoms with Crippen LogP contribution >= 0.6 is 0 Å². The molecule has 3 amide bonds. The van der Waals surface area contributed by atoms with Gasteiger partial charge in [0.2, 0.25) is 11.8 Å². The number of carbonyl (C=O) groups is 4. The molecule has 13 nitrogen and oxygen atoms in total. The molecular formula is C26H34N6O7. The van der Waals surface area contributed by atoms with E-state index in [1.165, 1.54) is 0 Å². The summed E-state index contributed by atoms with van der Waals surface area (Å²) in [5.41, 5.74) is 12.0. The number of hydrogen-bond donors (Lipinski definition) is 7. The Balaban J connectivity index is 2.04. The van der Waals surface area contributed by atoms with Crippen molar-refractivity contribution in [1.82, 2.24) is 16.0 Å². The Hall–Kier alpha value is -4.65. The molecule has 0 bridgehead atoms. The predicted octanol–water partition coefficient (Wildman–Crippen LogP) is -0.376. The number of guanidine groups is 1. The predicted molar refractivity (Wildman–Crippen MR) is 142 cm³/mol. The second kappa shape index (κ2) is 16.2. The molecule has 13 heteroatoms. The third kappa shape index (κ3) is 11.5. The van der Waals surface area contributed by atoms with E-state index in [9.17, 15) is 29.4 Å². The number of aliphatic imine (C=N–C) groups is 1. The van der Waals surface area contributed by atoms with Crippen LogP contribution in [-0.4, -0.2) is 71.3 Å². The van der Waals surface area contributed by atoms with Crippen molar-refractivity contribution in [3.05, 3.63) is 71.8 Å². The standard InChI is InChI=1S/C26H34N6O7/c27-25(28)29-13-7-12-19(24(36)37)30-23(35)21(15-33)31-22(34)20(14-17-8-3-1-4-9-17)32-26(38)39-16-18-10-5-2-6-11-18/h1-6,8-11,19-21,33H,7,12-16H2,(H,30,35)(H,31,34)(H,32,38)(H,36,37)(H4,27,28,29)/t19-,20-,21-/m0/s1. The molecule has 9 N–H and O–H groups in total. The molecule has 0 unspecified atom stereocenters. The highest BCUT2D eigenvalue weighted by Gasteiger charge is 2.29. The van der Waals surface area contributed by atoms with Crippen molar-refractivity contribution in [3.8, 4) is 0 Å². The third-order valence-corrected chi connectivity index (χ3v) is 5.48. The maximum Gasteiger partial charge on any atom is 0.408 e. The lowest BCUT2D eigenvalue weighted by atomic mass is 10.0. The average Bonchev–Trinajstić information content (AvgIpc) is 2.92. The second-order valence-corrected chi connectivity index (χ2v) is 8.54. The minimum Gasteiger partial charge on any atom is -0.480 e. The van der Waals surface area contributed by atoms with Gasteiger partial charge in [0.1, 0.15) is 24.7 Å². The molecular weight excluding hydrogens is 508 g/mol. The van der Waals surface area contributed by atoms with Gasteiger partial charge in [-0.05, 0) is 24.0 Å². The van der Waals surface area contributed by atoms with Crippen LogP contribution in [0.25, 0.3) is 0 Å². The lowest BCUT2D eigenvalue weighted by Gasteiger charge is -2.23.